The summed E-state index contributed by atoms with van der Waals surface area (Å²) in [7, 11) is -1.13. The van der Waals surface area contributed by atoms with Crippen LogP contribution in [0, 0.1) is 6.04 Å². The SMILES string of the molecule is C[CH][Si](C(C)C)(C(C)C)C(C)C. The molecule has 12 heavy (non-hydrogen) atoms. The molecule has 0 spiro atoms. The fraction of sp³-hybridized carbons (Fsp3) is 0.909. The molecule has 0 aromatic heterocycles. The van der Waals surface area contributed by atoms with Crippen LogP contribution < -0.4 is 0 Å². The number of hydrogen-bond acceptors (Lipinski definition) is 0. The van der Waals surface area contributed by atoms with Gasteiger partial charge in [-0.3, -0.25) is 0 Å². The molecule has 0 aromatic rings. The first kappa shape index (κ1) is 12.2. The highest BCUT2D eigenvalue weighted by molar-refractivity contribution is 6.86. The van der Waals surface area contributed by atoms with Gasteiger partial charge in [0, 0.05) is 0 Å². The standard InChI is InChI=1S/C11H25Si/c1-8-12(9(2)3,10(4)5)11(6)7/h8-11H,1-7H3. The van der Waals surface area contributed by atoms with Crippen molar-refractivity contribution < 1.29 is 0 Å². The molecule has 0 aliphatic heterocycles. The topological polar surface area (TPSA) is 0 Å². The third-order valence-corrected chi connectivity index (χ3v) is 10.5. The molecule has 0 nitrogen and oxygen atoms in total. The summed E-state index contributed by atoms with van der Waals surface area (Å²) >= 11 is 0. The van der Waals surface area contributed by atoms with Crippen molar-refractivity contribution >= 4 is 8.07 Å². The molecule has 73 valence electrons. The predicted molar refractivity (Wildman–Crippen MR) is 61.0 cm³/mol. The summed E-state index contributed by atoms with van der Waals surface area (Å²) in [5, 5.41) is 0. The van der Waals surface area contributed by atoms with E-state index in [1.807, 2.05) is 0 Å². The summed E-state index contributed by atoms with van der Waals surface area (Å²) in [6, 6.07) is 2.55. The molecule has 0 bridgehead atoms. The van der Waals surface area contributed by atoms with Gasteiger partial charge in [0.2, 0.25) is 0 Å². The monoisotopic (exact) mass is 185 g/mol. The molecule has 1 heteroatoms. The van der Waals surface area contributed by atoms with Crippen LogP contribution in [0.25, 0.3) is 0 Å². The van der Waals surface area contributed by atoms with E-state index >= 15 is 0 Å². The van der Waals surface area contributed by atoms with Crippen LogP contribution in [0.4, 0.5) is 0 Å². The minimum Gasteiger partial charge on any atom is -0.0651 e. The molecule has 0 unspecified atom stereocenters. The van der Waals surface area contributed by atoms with Crippen molar-refractivity contribution in [1.82, 2.24) is 0 Å². The molecule has 0 atom stereocenters. The van der Waals surface area contributed by atoms with Gasteiger partial charge in [-0.15, -0.1) is 0 Å². The summed E-state index contributed by atoms with van der Waals surface area (Å²) in [4.78, 5) is 0. The molecule has 0 fully saturated rings. The van der Waals surface area contributed by atoms with Crippen molar-refractivity contribution in [2.75, 3.05) is 0 Å². The molecular formula is C11H25Si. The first-order valence-corrected chi connectivity index (χ1v) is 7.51. The van der Waals surface area contributed by atoms with Crippen molar-refractivity contribution in [2.24, 2.45) is 0 Å². The first-order chi connectivity index (χ1) is 5.39. The van der Waals surface area contributed by atoms with Gasteiger partial charge >= 0.3 is 0 Å². The van der Waals surface area contributed by atoms with Crippen LogP contribution in [0.1, 0.15) is 48.5 Å². The second-order valence-electron chi connectivity index (χ2n) is 4.75. The van der Waals surface area contributed by atoms with E-state index in [1.165, 1.54) is 0 Å². The smallest absolute Gasteiger partial charge is 0.0641 e. The lowest BCUT2D eigenvalue weighted by atomic mass is 10.5. The minimum atomic E-state index is -1.13. The van der Waals surface area contributed by atoms with Crippen molar-refractivity contribution in [1.29, 1.82) is 0 Å². The van der Waals surface area contributed by atoms with Crippen LogP contribution >= 0.6 is 0 Å². The van der Waals surface area contributed by atoms with Gasteiger partial charge in [0.05, 0.1) is 8.07 Å². The molecular weight excluding hydrogens is 160 g/mol. The molecule has 0 saturated carbocycles. The lowest BCUT2D eigenvalue weighted by molar-refractivity contribution is 0.822. The van der Waals surface area contributed by atoms with E-state index in [9.17, 15) is 0 Å². The maximum Gasteiger partial charge on any atom is 0.0641 e. The largest absolute Gasteiger partial charge is 0.0651 e. The van der Waals surface area contributed by atoms with E-state index in [1.54, 1.807) is 0 Å². The van der Waals surface area contributed by atoms with Crippen LogP contribution in [-0.4, -0.2) is 8.07 Å². The van der Waals surface area contributed by atoms with Crippen LogP contribution in [0.5, 0.6) is 0 Å². The third-order valence-electron chi connectivity index (χ3n) is 3.50. The number of rotatable bonds is 4. The van der Waals surface area contributed by atoms with Gasteiger partial charge in [-0.05, 0) is 6.04 Å². The number of hydrogen-bond donors (Lipinski definition) is 0. The Kier molecular flexibility index (Phi) is 4.53. The highest BCUT2D eigenvalue weighted by Gasteiger charge is 2.40. The van der Waals surface area contributed by atoms with Crippen LogP contribution in [-0.2, 0) is 0 Å². The average Bonchev–Trinajstić information content (AvgIpc) is 1.86. The lowest BCUT2D eigenvalue weighted by Crippen LogP contribution is -2.44. The Hall–Kier alpha value is 0.217. The summed E-state index contributed by atoms with van der Waals surface area (Å²) in [6.45, 7) is 16.6. The Morgan fingerprint density at radius 1 is 0.750 bits per heavy atom. The molecule has 0 rings (SSSR count). The van der Waals surface area contributed by atoms with E-state index < -0.39 is 8.07 Å². The van der Waals surface area contributed by atoms with E-state index in [-0.39, 0.29) is 0 Å². The van der Waals surface area contributed by atoms with E-state index in [2.05, 4.69) is 54.5 Å². The van der Waals surface area contributed by atoms with Crippen LogP contribution in [0.3, 0.4) is 0 Å². The van der Waals surface area contributed by atoms with Crippen molar-refractivity contribution in [3.63, 3.8) is 0 Å². The molecule has 0 aliphatic carbocycles. The van der Waals surface area contributed by atoms with Gasteiger partial charge in [-0.2, -0.15) is 0 Å². The van der Waals surface area contributed by atoms with Crippen molar-refractivity contribution in [3.8, 4) is 0 Å². The molecule has 0 aromatic carbocycles. The quantitative estimate of drug-likeness (QED) is 0.568. The zero-order valence-electron chi connectivity index (χ0n) is 9.81. The summed E-state index contributed by atoms with van der Waals surface area (Å²) in [6.07, 6.45) is 0. The Labute approximate surface area is 79.8 Å². The molecule has 0 saturated heterocycles. The van der Waals surface area contributed by atoms with Gasteiger partial charge in [-0.1, -0.05) is 65.1 Å². The fourth-order valence-electron chi connectivity index (χ4n) is 3.00. The van der Waals surface area contributed by atoms with Crippen LogP contribution in [0.15, 0.2) is 0 Å². The molecule has 1 radical (unpaired) electrons. The van der Waals surface area contributed by atoms with E-state index in [0.717, 1.165) is 16.6 Å². The Bertz CT molecular complexity index is 103. The summed E-state index contributed by atoms with van der Waals surface area (Å²) in [5.41, 5.74) is 2.63. The predicted octanol–water partition coefficient (Wildman–Crippen LogP) is 4.43. The van der Waals surface area contributed by atoms with Crippen molar-refractivity contribution in [2.45, 2.75) is 65.1 Å². The second-order valence-corrected chi connectivity index (χ2v) is 10.8. The normalized spacial score (nSPS) is 13.5. The maximum absolute atomic E-state index is 2.55. The summed E-state index contributed by atoms with van der Waals surface area (Å²) < 4.78 is 0. The van der Waals surface area contributed by atoms with E-state index in [0.29, 0.717) is 0 Å². The lowest BCUT2D eigenvalue weighted by Gasteiger charge is -2.42. The van der Waals surface area contributed by atoms with Crippen LogP contribution in [0.2, 0.25) is 16.6 Å². The van der Waals surface area contributed by atoms with Gasteiger partial charge in [-0.25, -0.2) is 0 Å². The van der Waals surface area contributed by atoms with Gasteiger partial charge < -0.3 is 0 Å². The highest BCUT2D eigenvalue weighted by Crippen LogP contribution is 2.42. The van der Waals surface area contributed by atoms with Gasteiger partial charge in [0.25, 0.3) is 0 Å². The molecule has 0 amide bonds. The Morgan fingerprint density at radius 3 is 1.00 bits per heavy atom. The Balaban J connectivity index is 4.77. The fourth-order valence-corrected chi connectivity index (χ4v) is 9.00. The average molecular weight is 185 g/mol. The highest BCUT2D eigenvalue weighted by atomic mass is 28.3. The zero-order chi connectivity index (χ0) is 9.94. The zero-order valence-corrected chi connectivity index (χ0v) is 10.8. The molecule has 0 N–H and O–H groups in total. The second kappa shape index (κ2) is 4.45. The van der Waals surface area contributed by atoms with Crippen molar-refractivity contribution in [3.05, 3.63) is 6.04 Å². The summed E-state index contributed by atoms with van der Waals surface area (Å²) in [5.74, 6) is 0. The first-order valence-electron chi connectivity index (χ1n) is 5.20. The van der Waals surface area contributed by atoms with E-state index in [4.69, 9.17) is 0 Å². The Morgan fingerprint density at radius 2 is 1.00 bits per heavy atom. The van der Waals surface area contributed by atoms with Gasteiger partial charge in [0.1, 0.15) is 0 Å². The molecule has 0 heterocycles. The van der Waals surface area contributed by atoms with Gasteiger partial charge in [0.15, 0.2) is 0 Å². The minimum absolute atomic E-state index is 0.877. The third kappa shape index (κ3) is 1.93. The molecule has 0 aliphatic rings. The maximum atomic E-state index is 2.55.